The van der Waals surface area contributed by atoms with Gasteiger partial charge in [0.05, 0.1) is 0 Å². The summed E-state index contributed by atoms with van der Waals surface area (Å²) in [4.78, 5) is 13.5. The molecular formula is C21H30IN5. The fourth-order valence-electron chi connectivity index (χ4n) is 3.30. The predicted octanol–water partition coefficient (Wildman–Crippen LogP) is 3.82. The Bertz CT molecular complexity index is 738. The first kappa shape index (κ1) is 21.5. The van der Waals surface area contributed by atoms with Crippen molar-refractivity contribution in [3.8, 4) is 0 Å². The molecule has 1 aromatic heterocycles. The first-order chi connectivity index (χ1) is 12.7. The van der Waals surface area contributed by atoms with Crippen LogP contribution in [0.5, 0.6) is 0 Å². The molecule has 6 heteroatoms. The average molecular weight is 479 g/mol. The third-order valence-electron chi connectivity index (χ3n) is 4.80. The van der Waals surface area contributed by atoms with Gasteiger partial charge < -0.3 is 15.1 Å². The van der Waals surface area contributed by atoms with Gasteiger partial charge in [-0.3, -0.25) is 4.99 Å². The highest BCUT2D eigenvalue weighted by Crippen LogP contribution is 2.18. The molecule has 1 N–H and O–H groups in total. The molecule has 0 radical (unpaired) electrons. The molecule has 1 aliphatic rings. The minimum atomic E-state index is 0. The van der Waals surface area contributed by atoms with Crippen molar-refractivity contribution < 1.29 is 0 Å². The highest BCUT2D eigenvalue weighted by molar-refractivity contribution is 14.0. The summed E-state index contributed by atoms with van der Waals surface area (Å²) in [5.74, 6) is 1.98. The lowest BCUT2D eigenvalue weighted by molar-refractivity contribution is 0.476. The van der Waals surface area contributed by atoms with E-state index in [-0.39, 0.29) is 24.0 Å². The third kappa shape index (κ3) is 6.09. The summed E-state index contributed by atoms with van der Waals surface area (Å²) in [6.45, 7) is 5.92. The Morgan fingerprint density at radius 2 is 1.85 bits per heavy atom. The van der Waals surface area contributed by atoms with Crippen molar-refractivity contribution in [3.63, 3.8) is 0 Å². The number of aliphatic imine (C=N–C) groups is 1. The lowest BCUT2D eigenvalue weighted by Crippen LogP contribution is -2.38. The van der Waals surface area contributed by atoms with E-state index < -0.39 is 0 Å². The second-order valence-corrected chi connectivity index (χ2v) is 6.96. The smallest absolute Gasteiger partial charge is 0.193 e. The van der Waals surface area contributed by atoms with Gasteiger partial charge in [0.15, 0.2) is 5.96 Å². The van der Waals surface area contributed by atoms with Gasteiger partial charge >= 0.3 is 0 Å². The van der Waals surface area contributed by atoms with Crippen molar-refractivity contribution in [2.24, 2.45) is 4.99 Å². The molecule has 0 spiro atoms. The number of halogens is 1. The lowest BCUT2D eigenvalue weighted by Gasteiger charge is -2.23. The van der Waals surface area contributed by atoms with Crippen LogP contribution in [-0.4, -0.2) is 43.0 Å². The van der Waals surface area contributed by atoms with E-state index in [4.69, 9.17) is 0 Å². The number of benzene rings is 1. The molecule has 146 valence electrons. The summed E-state index contributed by atoms with van der Waals surface area (Å²) in [6.07, 6.45) is 4.44. The van der Waals surface area contributed by atoms with E-state index in [0.29, 0.717) is 0 Å². The van der Waals surface area contributed by atoms with E-state index in [9.17, 15) is 0 Å². The first-order valence-corrected chi connectivity index (χ1v) is 9.33. The summed E-state index contributed by atoms with van der Waals surface area (Å²) in [6, 6.07) is 12.9. The maximum absolute atomic E-state index is 4.52. The van der Waals surface area contributed by atoms with Crippen molar-refractivity contribution >= 4 is 35.8 Å². The quantitative estimate of drug-likeness (QED) is 0.403. The third-order valence-corrected chi connectivity index (χ3v) is 4.80. The number of aryl methyl sites for hydroxylation is 1. The second kappa shape index (κ2) is 10.5. The summed E-state index contributed by atoms with van der Waals surface area (Å²) >= 11 is 0. The molecule has 0 amide bonds. The summed E-state index contributed by atoms with van der Waals surface area (Å²) < 4.78 is 0. The molecular weight excluding hydrogens is 449 g/mol. The summed E-state index contributed by atoms with van der Waals surface area (Å²) in [7, 11) is 3.90. The zero-order valence-electron chi connectivity index (χ0n) is 16.5. The monoisotopic (exact) mass is 479 g/mol. The topological polar surface area (TPSA) is 43.8 Å². The molecule has 0 aliphatic carbocycles. The fourth-order valence-corrected chi connectivity index (χ4v) is 3.30. The highest BCUT2D eigenvalue weighted by Gasteiger charge is 2.14. The molecule has 3 rings (SSSR count). The number of anilines is 1. The van der Waals surface area contributed by atoms with Crippen molar-refractivity contribution in [2.75, 3.05) is 32.1 Å². The van der Waals surface area contributed by atoms with E-state index in [0.717, 1.165) is 38.0 Å². The Morgan fingerprint density at radius 1 is 1.15 bits per heavy atom. The number of hydrogen-bond acceptors (Lipinski definition) is 3. The number of guanidine groups is 1. The average Bonchev–Trinajstić information content (AvgIpc) is 3.19. The Labute approximate surface area is 179 Å². The molecule has 0 atom stereocenters. The van der Waals surface area contributed by atoms with Gasteiger partial charge in [-0.05, 0) is 43.0 Å². The first-order valence-electron chi connectivity index (χ1n) is 9.33. The Kier molecular flexibility index (Phi) is 8.34. The van der Waals surface area contributed by atoms with Crippen LogP contribution < -0.4 is 10.2 Å². The second-order valence-electron chi connectivity index (χ2n) is 6.96. The van der Waals surface area contributed by atoms with Crippen molar-refractivity contribution in [1.29, 1.82) is 0 Å². The Hall–Kier alpha value is -1.83. The Balaban J connectivity index is 0.00000261. The molecule has 1 saturated heterocycles. The van der Waals surface area contributed by atoms with Crippen molar-refractivity contribution in [2.45, 2.75) is 32.9 Å². The zero-order valence-corrected chi connectivity index (χ0v) is 18.8. The van der Waals surface area contributed by atoms with Gasteiger partial charge in [0.2, 0.25) is 0 Å². The fraction of sp³-hybridized carbons (Fsp3) is 0.429. The van der Waals surface area contributed by atoms with Crippen LogP contribution >= 0.6 is 24.0 Å². The van der Waals surface area contributed by atoms with E-state index in [1.807, 2.05) is 13.2 Å². The van der Waals surface area contributed by atoms with E-state index in [1.54, 1.807) is 0 Å². The van der Waals surface area contributed by atoms with Crippen LogP contribution in [0.4, 0.5) is 5.82 Å². The van der Waals surface area contributed by atoms with Crippen LogP contribution in [0.1, 0.15) is 29.5 Å². The largest absolute Gasteiger partial charge is 0.357 e. The molecule has 1 fully saturated rings. The molecule has 0 saturated carbocycles. The normalized spacial score (nSPS) is 14.0. The zero-order chi connectivity index (χ0) is 18.4. The molecule has 27 heavy (non-hydrogen) atoms. The number of rotatable bonds is 5. The number of pyridine rings is 1. The van der Waals surface area contributed by atoms with Gasteiger partial charge in [-0.25, -0.2) is 4.98 Å². The summed E-state index contributed by atoms with van der Waals surface area (Å²) in [5, 5.41) is 3.46. The van der Waals surface area contributed by atoms with Crippen molar-refractivity contribution in [3.05, 3.63) is 59.3 Å². The Morgan fingerprint density at radius 3 is 2.52 bits per heavy atom. The van der Waals surface area contributed by atoms with Gasteiger partial charge in [0.25, 0.3) is 0 Å². The van der Waals surface area contributed by atoms with Crippen LogP contribution in [0.15, 0.2) is 47.6 Å². The number of hydrogen-bond donors (Lipinski definition) is 1. The SMILES string of the molecule is CN=C(NCc1ccnc(N2CCCC2)c1)N(C)Cc1ccc(C)cc1.I. The van der Waals surface area contributed by atoms with Gasteiger partial charge in [0.1, 0.15) is 5.82 Å². The highest BCUT2D eigenvalue weighted by atomic mass is 127. The van der Waals surface area contributed by atoms with Crippen LogP contribution in [0.2, 0.25) is 0 Å². The summed E-state index contributed by atoms with van der Waals surface area (Å²) in [5.41, 5.74) is 3.79. The number of aromatic nitrogens is 1. The number of nitrogens with zero attached hydrogens (tertiary/aromatic N) is 4. The number of nitrogens with one attached hydrogen (secondary N) is 1. The van der Waals surface area contributed by atoms with Gasteiger partial charge in [-0.15, -0.1) is 24.0 Å². The minimum absolute atomic E-state index is 0. The van der Waals surface area contributed by atoms with Crippen LogP contribution in [-0.2, 0) is 13.1 Å². The molecule has 2 aromatic rings. The maximum Gasteiger partial charge on any atom is 0.193 e. The van der Waals surface area contributed by atoms with Crippen molar-refractivity contribution in [1.82, 2.24) is 15.2 Å². The molecule has 0 bridgehead atoms. The molecule has 1 aromatic carbocycles. The van der Waals surface area contributed by atoms with Gasteiger partial charge in [0, 0.05) is 46.5 Å². The van der Waals surface area contributed by atoms with E-state index >= 15 is 0 Å². The lowest BCUT2D eigenvalue weighted by atomic mass is 10.1. The molecule has 5 nitrogen and oxygen atoms in total. The van der Waals surface area contributed by atoms with Gasteiger partial charge in [-0.1, -0.05) is 29.8 Å². The predicted molar refractivity (Wildman–Crippen MR) is 124 cm³/mol. The van der Waals surface area contributed by atoms with E-state index in [1.165, 1.54) is 29.5 Å². The molecule has 0 unspecified atom stereocenters. The van der Waals surface area contributed by atoms with Crippen LogP contribution in [0.3, 0.4) is 0 Å². The van der Waals surface area contributed by atoms with Gasteiger partial charge in [-0.2, -0.15) is 0 Å². The standard InChI is InChI=1S/C21H29N5.HI/c1-17-6-8-18(9-7-17)16-25(3)21(22-2)24-15-19-10-11-23-20(14-19)26-12-4-5-13-26;/h6-11,14H,4-5,12-13,15-16H2,1-3H3,(H,22,24);1H. The maximum atomic E-state index is 4.52. The minimum Gasteiger partial charge on any atom is -0.357 e. The van der Waals surface area contributed by atoms with Crippen LogP contribution in [0.25, 0.3) is 0 Å². The molecule has 2 heterocycles. The molecule has 1 aliphatic heterocycles. The van der Waals surface area contributed by atoms with Crippen LogP contribution in [0, 0.1) is 6.92 Å². The van der Waals surface area contributed by atoms with E-state index in [2.05, 4.69) is 75.5 Å².